The molecule has 1 saturated heterocycles. The van der Waals surface area contributed by atoms with Crippen LogP contribution in [0.15, 0.2) is 17.0 Å². The average molecular weight is 350 g/mol. The fourth-order valence-corrected chi connectivity index (χ4v) is 3.43. The number of carboxylic acids is 1. The Hall–Kier alpha value is -1.19. The minimum atomic E-state index is -3.91. The molecule has 1 aromatic carbocycles. The summed E-state index contributed by atoms with van der Waals surface area (Å²) in [5.41, 5.74) is 0.100. The number of nitrogens with one attached hydrogen (secondary N) is 1. The monoisotopic (exact) mass is 349 g/mol. The summed E-state index contributed by atoms with van der Waals surface area (Å²) in [5.74, 6) is -2.32. The lowest BCUT2D eigenvalue weighted by atomic mass is 10.1. The first-order valence-electron chi connectivity index (χ1n) is 6.46. The Morgan fingerprint density at radius 1 is 1.41 bits per heavy atom. The van der Waals surface area contributed by atoms with Crippen molar-refractivity contribution in [1.82, 2.24) is 4.72 Å². The molecule has 0 radical (unpaired) electrons. The Morgan fingerprint density at radius 3 is 2.55 bits per heavy atom. The molecule has 0 aromatic heterocycles. The number of carbonyl (C=O) groups is 1. The first-order valence-corrected chi connectivity index (χ1v) is 8.32. The number of benzene rings is 1. The van der Waals surface area contributed by atoms with Gasteiger partial charge in [0.1, 0.15) is 0 Å². The second kappa shape index (κ2) is 6.13. The second-order valence-electron chi connectivity index (χ2n) is 5.06. The van der Waals surface area contributed by atoms with Crippen LogP contribution in [0.4, 0.5) is 0 Å². The summed E-state index contributed by atoms with van der Waals surface area (Å²) < 4.78 is 37.6. The number of carboxylic acid groups (broad SMARTS) is 1. The first-order chi connectivity index (χ1) is 10.1. The number of rotatable bonds is 5. The summed E-state index contributed by atoms with van der Waals surface area (Å²) in [6.45, 7) is 3.86. The zero-order valence-electron chi connectivity index (χ0n) is 12.1. The number of hydrogen-bond donors (Lipinski definition) is 2. The predicted molar refractivity (Wildman–Crippen MR) is 78.6 cm³/mol. The van der Waals surface area contributed by atoms with E-state index in [0.29, 0.717) is 18.8 Å². The molecule has 7 nitrogen and oxygen atoms in total. The van der Waals surface area contributed by atoms with Gasteiger partial charge in [-0.25, -0.2) is 17.9 Å². The Bertz CT molecular complexity index is 697. The third-order valence-electron chi connectivity index (χ3n) is 3.25. The molecule has 0 unspecified atom stereocenters. The van der Waals surface area contributed by atoms with Crippen molar-refractivity contribution in [2.24, 2.45) is 0 Å². The molecular weight excluding hydrogens is 334 g/mol. The molecule has 0 bridgehead atoms. The Labute approximate surface area is 133 Å². The van der Waals surface area contributed by atoms with Crippen molar-refractivity contribution in [1.29, 1.82) is 0 Å². The fourth-order valence-electron chi connectivity index (χ4n) is 2.02. The quantitative estimate of drug-likeness (QED) is 0.832. The maximum Gasteiger partial charge on any atom is 0.337 e. The maximum absolute atomic E-state index is 12.3. The van der Waals surface area contributed by atoms with E-state index in [1.165, 1.54) is 13.0 Å². The van der Waals surface area contributed by atoms with Crippen LogP contribution in [0.5, 0.6) is 0 Å². The SMILES string of the molecule is Cc1cc(S(=O)(=O)NCC2(C)OCCO2)cc(C(=O)O)c1Cl. The van der Waals surface area contributed by atoms with E-state index in [9.17, 15) is 13.2 Å². The third-order valence-corrected chi connectivity index (χ3v) is 5.13. The van der Waals surface area contributed by atoms with Gasteiger partial charge in [-0.1, -0.05) is 11.6 Å². The second-order valence-corrected chi connectivity index (χ2v) is 7.21. The molecule has 0 spiro atoms. The fraction of sp³-hybridized carbons (Fsp3) is 0.462. The molecule has 2 N–H and O–H groups in total. The molecule has 9 heteroatoms. The van der Waals surface area contributed by atoms with Gasteiger partial charge in [-0.2, -0.15) is 0 Å². The number of ether oxygens (including phenoxy) is 2. The maximum atomic E-state index is 12.3. The van der Waals surface area contributed by atoms with Gasteiger partial charge in [0.15, 0.2) is 5.79 Å². The van der Waals surface area contributed by atoms with Crippen LogP contribution in [-0.4, -0.2) is 45.0 Å². The predicted octanol–water partition coefficient (Wildman–Crippen LogP) is 1.39. The van der Waals surface area contributed by atoms with E-state index in [0.717, 1.165) is 6.07 Å². The Morgan fingerprint density at radius 2 is 2.00 bits per heavy atom. The molecule has 0 saturated carbocycles. The molecule has 2 rings (SSSR count). The molecule has 1 aliphatic rings. The molecular formula is C13H16ClNO6S. The van der Waals surface area contributed by atoms with Gasteiger partial charge in [0.05, 0.1) is 35.2 Å². The van der Waals surface area contributed by atoms with E-state index in [1.807, 2.05) is 0 Å². The molecule has 1 heterocycles. The topological polar surface area (TPSA) is 102 Å². The molecule has 1 fully saturated rings. The first kappa shape index (κ1) is 17.2. The van der Waals surface area contributed by atoms with Crippen LogP contribution in [0.2, 0.25) is 5.02 Å². The van der Waals surface area contributed by atoms with Crippen LogP contribution >= 0.6 is 11.6 Å². The summed E-state index contributed by atoms with van der Waals surface area (Å²) in [6, 6.07) is 2.34. The number of aromatic carboxylic acids is 1. The lowest BCUT2D eigenvalue weighted by Crippen LogP contribution is -2.41. The van der Waals surface area contributed by atoms with Crippen LogP contribution < -0.4 is 4.72 Å². The highest BCUT2D eigenvalue weighted by Gasteiger charge is 2.33. The minimum Gasteiger partial charge on any atom is -0.478 e. The molecule has 0 aliphatic carbocycles. The third kappa shape index (κ3) is 3.58. The van der Waals surface area contributed by atoms with Gasteiger partial charge in [0.2, 0.25) is 10.0 Å². The Kier molecular flexibility index (Phi) is 4.78. The van der Waals surface area contributed by atoms with Gasteiger partial charge in [0.25, 0.3) is 0 Å². The van der Waals surface area contributed by atoms with Crippen molar-refractivity contribution in [3.8, 4) is 0 Å². The normalized spacial score (nSPS) is 17.6. The Balaban J connectivity index is 2.27. The smallest absolute Gasteiger partial charge is 0.337 e. The van der Waals surface area contributed by atoms with Crippen LogP contribution in [0.25, 0.3) is 0 Å². The highest BCUT2D eigenvalue weighted by Crippen LogP contribution is 2.25. The van der Waals surface area contributed by atoms with Crippen molar-refractivity contribution in [3.05, 3.63) is 28.3 Å². The minimum absolute atomic E-state index is 0.0147. The average Bonchev–Trinajstić information content (AvgIpc) is 2.86. The van der Waals surface area contributed by atoms with Crippen molar-refractivity contribution < 1.29 is 27.8 Å². The summed E-state index contributed by atoms with van der Waals surface area (Å²) >= 11 is 5.88. The highest BCUT2D eigenvalue weighted by molar-refractivity contribution is 7.89. The summed E-state index contributed by atoms with van der Waals surface area (Å²) in [5, 5.41) is 9.10. The molecule has 0 atom stereocenters. The zero-order valence-corrected chi connectivity index (χ0v) is 13.6. The van der Waals surface area contributed by atoms with E-state index in [-0.39, 0.29) is 22.0 Å². The van der Waals surface area contributed by atoms with E-state index in [4.69, 9.17) is 26.2 Å². The lowest BCUT2D eigenvalue weighted by molar-refractivity contribution is -0.135. The van der Waals surface area contributed by atoms with E-state index in [1.54, 1.807) is 6.92 Å². The van der Waals surface area contributed by atoms with Crippen LogP contribution in [-0.2, 0) is 19.5 Å². The summed E-state index contributed by atoms with van der Waals surface area (Å²) in [6.07, 6.45) is 0. The van der Waals surface area contributed by atoms with Crippen LogP contribution in [0, 0.1) is 6.92 Å². The van der Waals surface area contributed by atoms with Gasteiger partial charge < -0.3 is 14.6 Å². The van der Waals surface area contributed by atoms with Gasteiger partial charge in [0, 0.05) is 0 Å². The van der Waals surface area contributed by atoms with Gasteiger partial charge >= 0.3 is 5.97 Å². The van der Waals surface area contributed by atoms with Crippen molar-refractivity contribution in [3.63, 3.8) is 0 Å². The van der Waals surface area contributed by atoms with Crippen LogP contribution in [0.3, 0.4) is 0 Å². The number of hydrogen-bond acceptors (Lipinski definition) is 5. The molecule has 0 amide bonds. The largest absolute Gasteiger partial charge is 0.478 e. The van der Waals surface area contributed by atoms with Crippen molar-refractivity contribution in [2.45, 2.75) is 24.5 Å². The molecule has 1 aromatic rings. The van der Waals surface area contributed by atoms with Crippen molar-refractivity contribution in [2.75, 3.05) is 19.8 Å². The molecule has 22 heavy (non-hydrogen) atoms. The molecule has 1 aliphatic heterocycles. The number of sulfonamides is 1. The summed E-state index contributed by atoms with van der Waals surface area (Å²) in [4.78, 5) is 11.0. The standard InChI is InChI=1S/C13H16ClNO6S/c1-8-5-9(6-10(11(8)14)12(16)17)22(18,19)15-7-13(2)20-3-4-21-13/h5-6,15H,3-4,7H2,1-2H3,(H,16,17). The van der Waals surface area contributed by atoms with E-state index >= 15 is 0 Å². The van der Waals surface area contributed by atoms with Gasteiger partial charge in [-0.3, -0.25) is 0 Å². The van der Waals surface area contributed by atoms with Gasteiger partial charge in [-0.15, -0.1) is 0 Å². The van der Waals surface area contributed by atoms with Crippen molar-refractivity contribution >= 4 is 27.6 Å². The van der Waals surface area contributed by atoms with Gasteiger partial charge in [-0.05, 0) is 31.5 Å². The number of halogens is 1. The van der Waals surface area contributed by atoms with Crippen LogP contribution in [0.1, 0.15) is 22.8 Å². The van der Waals surface area contributed by atoms with E-state index in [2.05, 4.69) is 4.72 Å². The zero-order chi connectivity index (χ0) is 16.5. The lowest BCUT2D eigenvalue weighted by Gasteiger charge is -2.22. The number of aryl methyl sites for hydroxylation is 1. The molecule has 122 valence electrons. The highest BCUT2D eigenvalue weighted by atomic mass is 35.5. The van der Waals surface area contributed by atoms with E-state index < -0.39 is 21.8 Å². The summed E-state index contributed by atoms with van der Waals surface area (Å²) in [7, 11) is -3.91.